The second-order valence-electron chi connectivity index (χ2n) is 11.0. The van der Waals surface area contributed by atoms with Crippen LogP contribution in [0.3, 0.4) is 0 Å². The largest absolute Gasteiger partial charge is 0.490 e. The molecule has 1 aromatic heterocycles. The average Bonchev–Trinajstić information content (AvgIpc) is 3.24. The Hall–Kier alpha value is -2.34. The smallest absolute Gasteiger partial charge is 0.128 e. The molecule has 4 atom stereocenters. The minimum Gasteiger partial charge on any atom is -0.490 e. The number of hydrogen-bond acceptors (Lipinski definition) is 4. The molecule has 4 unspecified atom stereocenters. The van der Waals surface area contributed by atoms with Gasteiger partial charge in [-0.15, -0.1) is 0 Å². The summed E-state index contributed by atoms with van der Waals surface area (Å²) in [5.41, 5.74) is 5.31. The topological polar surface area (TPSA) is 51.7 Å². The van der Waals surface area contributed by atoms with Gasteiger partial charge in [0.1, 0.15) is 18.5 Å². The lowest BCUT2D eigenvalue weighted by Gasteiger charge is -2.52. The number of aryl methyl sites for hydroxylation is 2. The van der Waals surface area contributed by atoms with Gasteiger partial charge in [0.25, 0.3) is 0 Å². The van der Waals surface area contributed by atoms with Crippen LogP contribution in [0.5, 0.6) is 5.75 Å². The molecule has 0 radical (unpaired) electrons. The van der Waals surface area contributed by atoms with E-state index in [1.54, 1.807) is 11.1 Å². The van der Waals surface area contributed by atoms with Crippen molar-refractivity contribution in [3.8, 4) is 5.75 Å². The highest BCUT2D eigenvalue weighted by Gasteiger charge is 2.39. The predicted octanol–water partition coefficient (Wildman–Crippen LogP) is 4.70. The third-order valence-corrected chi connectivity index (χ3v) is 8.60. The maximum Gasteiger partial charge on any atom is 0.128 e. The third kappa shape index (κ3) is 4.87. The molecule has 0 amide bonds. The number of H-pyrrole nitrogens is 1. The molecule has 3 aliphatic heterocycles. The summed E-state index contributed by atoms with van der Waals surface area (Å²) < 4.78 is 6.11. The van der Waals surface area contributed by atoms with Crippen molar-refractivity contribution >= 4 is 10.9 Å². The van der Waals surface area contributed by atoms with Crippen molar-refractivity contribution < 1.29 is 9.84 Å². The Morgan fingerprint density at radius 1 is 0.971 bits per heavy atom. The molecule has 5 nitrogen and oxygen atoms in total. The fourth-order valence-electron chi connectivity index (χ4n) is 6.86. The van der Waals surface area contributed by atoms with Crippen molar-refractivity contribution in [3.05, 3.63) is 65.4 Å². The fraction of sp³-hybridized carbons (Fsp3) is 0.533. The first-order valence-corrected chi connectivity index (χ1v) is 13.6. The summed E-state index contributed by atoms with van der Waals surface area (Å²) in [6, 6.07) is 19.0. The Morgan fingerprint density at radius 3 is 2.69 bits per heavy atom. The standard InChI is InChI=1S/C30H39N3O2/c1-21-15-28-29(31-21)11-6-12-30(28)35-20-27(34)19-32-17-26-10-5-4-9-25(32)18-33(26)24-14-13-22-7-2-3-8-23(22)16-24/h2-3,6-8,11-12,15,24-27,31,34H,4-5,9-10,13-14,16-20H2,1H3. The molecule has 3 aromatic rings. The zero-order chi connectivity index (χ0) is 23.8. The van der Waals surface area contributed by atoms with Gasteiger partial charge in [-0.1, -0.05) is 43.2 Å². The molecule has 35 heavy (non-hydrogen) atoms. The molecule has 5 heteroatoms. The van der Waals surface area contributed by atoms with Gasteiger partial charge >= 0.3 is 0 Å². The Kier molecular flexibility index (Phi) is 6.57. The minimum atomic E-state index is -0.485. The number of aliphatic hydroxyl groups excluding tert-OH is 1. The number of nitrogens with one attached hydrogen (secondary N) is 1. The van der Waals surface area contributed by atoms with E-state index in [1.807, 2.05) is 12.1 Å². The summed E-state index contributed by atoms with van der Waals surface area (Å²) in [6.45, 7) is 5.31. The number of benzene rings is 2. The number of hydrogen-bond donors (Lipinski definition) is 2. The van der Waals surface area contributed by atoms with Crippen molar-refractivity contribution in [2.75, 3.05) is 26.2 Å². The number of rotatable bonds is 6. The normalized spacial score (nSPS) is 26.3. The molecule has 0 saturated carbocycles. The van der Waals surface area contributed by atoms with Gasteiger partial charge < -0.3 is 14.8 Å². The van der Waals surface area contributed by atoms with Crippen LogP contribution < -0.4 is 4.74 Å². The first kappa shape index (κ1) is 23.1. The van der Waals surface area contributed by atoms with Gasteiger partial charge in [-0.25, -0.2) is 0 Å². The van der Waals surface area contributed by atoms with Crippen LogP contribution in [0.25, 0.3) is 10.9 Å². The molecule has 1 aliphatic carbocycles. The van der Waals surface area contributed by atoms with Gasteiger partial charge in [0, 0.05) is 54.4 Å². The lowest BCUT2D eigenvalue weighted by atomic mass is 9.84. The van der Waals surface area contributed by atoms with Crippen LogP contribution in [0.2, 0.25) is 0 Å². The van der Waals surface area contributed by atoms with Gasteiger partial charge in [-0.3, -0.25) is 9.80 Å². The number of fused-ring (bicyclic) bond motifs is 7. The van der Waals surface area contributed by atoms with Crippen molar-refractivity contribution in [2.45, 2.75) is 76.1 Å². The number of aromatic amines is 1. The van der Waals surface area contributed by atoms with Gasteiger partial charge in [-0.05, 0) is 68.4 Å². The van der Waals surface area contributed by atoms with Crippen LogP contribution in [0.15, 0.2) is 48.5 Å². The predicted molar refractivity (Wildman–Crippen MR) is 141 cm³/mol. The molecule has 4 aliphatic rings. The molecule has 2 bridgehead atoms. The van der Waals surface area contributed by atoms with E-state index in [2.05, 4.69) is 58.1 Å². The van der Waals surface area contributed by atoms with Gasteiger partial charge in [0.05, 0.1) is 0 Å². The SMILES string of the molecule is Cc1cc2c(OCC(O)CN3CC4CCCCC3CN4C3CCc4ccccc4C3)cccc2[nH]1. The first-order chi connectivity index (χ1) is 17.1. The summed E-state index contributed by atoms with van der Waals surface area (Å²) >= 11 is 0. The maximum absolute atomic E-state index is 11.0. The highest BCUT2D eigenvalue weighted by atomic mass is 16.5. The van der Waals surface area contributed by atoms with Gasteiger partial charge in [-0.2, -0.15) is 0 Å². The molecule has 2 N–H and O–H groups in total. The second kappa shape index (κ2) is 9.96. The zero-order valence-electron chi connectivity index (χ0n) is 21.0. The van der Waals surface area contributed by atoms with Crippen molar-refractivity contribution in [1.29, 1.82) is 0 Å². The van der Waals surface area contributed by atoms with Crippen molar-refractivity contribution in [3.63, 3.8) is 0 Å². The van der Waals surface area contributed by atoms with Crippen LogP contribution in [0.1, 0.15) is 48.9 Å². The van der Waals surface area contributed by atoms with E-state index in [-0.39, 0.29) is 0 Å². The summed E-state index contributed by atoms with van der Waals surface area (Å²) in [7, 11) is 0. The molecule has 3 saturated heterocycles. The molecule has 4 heterocycles. The Balaban J connectivity index is 1.09. The van der Waals surface area contributed by atoms with Crippen LogP contribution in [0.4, 0.5) is 0 Å². The summed E-state index contributed by atoms with van der Waals surface area (Å²) in [5.74, 6) is 0.851. The minimum absolute atomic E-state index is 0.334. The van der Waals surface area contributed by atoms with Crippen LogP contribution in [-0.4, -0.2) is 70.4 Å². The summed E-state index contributed by atoms with van der Waals surface area (Å²) in [6.07, 6.45) is 8.36. The summed E-state index contributed by atoms with van der Waals surface area (Å²) in [4.78, 5) is 8.80. The second-order valence-corrected chi connectivity index (χ2v) is 11.0. The quantitative estimate of drug-likeness (QED) is 0.545. The molecule has 7 rings (SSSR count). The number of aliphatic hydroxyl groups is 1. The molecule has 3 fully saturated rings. The average molecular weight is 474 g/mol. The molecule has 186 valence electrons. The number of piperazine rings is 1. The Bertz CT molecular complexity index is 1160. The van der Waals surface area contributed by atoms with E-state index in [9.17, 15) is 5.11 Å². The lowest BCUT2D eigenvalue weighted by Crippen LogP contribution is -2.63. The monoisotopic (exact) mass is 473 g/mol. The van der Waals surface area contributed by atoms with E-state index in [4.69, 9.17) is 4.74 Å². The highest BCUT2D eigenvalue weighted by molar-refractivity contribution is 5.86. The van der Waals surface area contributed by atoms with E-state index in [0.717, 1.165) is 35.4 Å². The molecule has 0 spiro atoms. The van der Waals surface area contributed by atoms with Crippen molar-refractivity contribution in [2.24, 2.45) is 0 Å². The zero-order valence-corrected chi connectivity index (χ0v) is 21.0. The third-order valence-electron chi connectivity index (χ3n) is 8.60. The van der Waals surface area contributed by atoms with Crippen LogP contribution in [-0.2, 0) is 12.8 Å². The molecular weight excluding hydrogens is 434 g/mol. The van der Waals surface area contributed by atoms with Crippen molar-refractivity contribution in [1.82, 2.24) is 14.8 Å². The van der Waals surface area contributed by atoms with Crippen LogP contribution >= 0.6 is 0 Å². The number of nitrogens with zero attached hydrogens (tertiary/aromatic N) is 2. The highest BCUT2D eigenvalue weighted by Crippen LogP contribution is 2.33. The van der Waals surface area contributed by atoms with Crippen LogP contribution in [0, 0.1) is 6.92 Å². The van der Waals surface area contributed by atoms with E-state index >= 15 is 0 Å². The fourth-order valence-corrected chi connectivity index (χ4v) is 6.86. The van der Waals surface area contributed by atoms with Gasteiger partial charge in [0.15, 0.2) is 0 Å². The van der Waals surface area contributed by atoms with E-state index in [1.165, 1.54) is 44.9 Å². The molecular formula is C30H39N3O2. The molecule has 2 aromatic carbocycles. The maximum atomic E-state index is 11.0. The number of ether oxygens (including phenoxy) is 1. The Labute approximate surface area is 209 Å². The Morgan fingerprint density at radius 2 is 1.80 bits per heavy atom. The van der Waals surface area contributed by atoms with E-state index < -0.39 is 6.10 Å². The number of aromatic nitrogens is 1. The summed E-state index contributed by atoms with van der Waals surface area (Å²) in [5, 5.41) is 12.1. The van der Waals surface area contributed by atoms with Gasteiger partial charge in [0.2, 0.25) is 0 Å². The lowest BCUT2D eigenvalue weighted by molar-refractivity contribution is -0.0405. The first-order valence-electron chi connectivity index (χ1n) is 13.6. The van der Waals surface area contributed by atoms with E-state index in [0.29, 0.717) is 31.3 Å².